The van der Waals surface area contributed by atoms with Crippen LogP contribution in [0.15, 0.2) is 23.8 Å². The standard InChI is InChI=1S/C28H34O8/c1-9-14(2)28(29)36-23-16(4)15(3)10-17-11-19(30-5)24(31-6)26(32-7)21(17)22-18(23)12-20-25(27(22)33-8)35-13-34-20/h9,11-12,15-16,23H,10,13H2,1-8H3/b14-9+/t15-,16+,23+/m1/s1. The number of hydrogen-bond acceptors (Lipinski definition) is 8. The van der Waals surface area contributed by atoms with Crippen molar-refractivity contribution in [2.45, 2.75) is 40.2 Å². The molecule has 194 valence electrons. The van der Waals surface area contributed by atoms with Gasteiger partial charge in [0, 0.05) is 28.2 Å². The van der Waals surface area contributed by atoms with Crippen LogP contribution >= 0.6 is 0 Å². The van der Waals surface area contributed by atoms with Gasteiger partial charge in [-0.2, -0.15) is 0 Å². The van der Waals surface area contributed by atoms with Gasteiger partial charge in [0.2, 0.25) is 18.3 Å². The molecule has 4 rings (SSSR count). The molecule has 2 aromatic rings. The Bertz CT molecular complexity index is 1200. The van der Waals surface area contributed by atoms with Gasteiger partial charge in [-0.05, 0) is 43.9 Å². The van der Waals surface area contributed by atoms with Crippen LogP contribution in [0.2, 0.25) is 0 Å². The number of ether oxygens (including phenoxy) is 7. The van der Waals surface area contributed by atoms with Crippen molar-refractivity contribution in [1.82, 2.24) is 0 Å². The number of benzene rings is 2. The molecule has 0 amide bonds. The molecular formula is C28H34O8. The molecule has 3 atom stereocenters. The van der Waals surface area contributed by atoms with E-state index in [9.17, 15) is 4.79 Å². The maximum Gasteiger partial charge on any atom is 0.333 e. The van der Waals surface area contributed by atoms with E-state index in [4.69, 9.17) is 33.2 Å². The van der Waals surface area contributed by atoms with Gasteiger partial charge in [-0.25, -0.2) is 4.79 Å². The van der Waals surface area contributed by atoms with Gasteiger partial charge >= 0.3 is 5.97 Å². The number of hydrogen-bond donors (Lipinski definition) is 0. The van der Waals surface area contributed by atoms with Crippen molar-refractivity contribution < 1.29 is 38.0 Å². The molecule has 0 bridgehead atoms. The summed E-state index contributed by atoms with van der Waals surface area (Å²) in [6.45, 7) is 7.87. The summed E-state index contributed by atoms with van der Waals surface area (Å²) in [4.78, 5) is 13.0. The van der Waals surface area contributed by atoms with Crippen molar-refractivity contribution in [3.63, 3.8) is 0 Å². The van der Waals surface area contributed by atoms with Crippen LogP contribution in [0.1, 0.15) is 44.9 Å². The summed E-state index contributed by atoms with van der Waals surface area (Å²) in [6.07, 6.45) is 1.85. The summed E-state index contributed by atoms with van der Waals surface area (Å²) in [6, 6.07) is 3.86. The van der Waals surface area contributed by atoms with Crippen molar-refractivity contribution in [1.29, 1.82) is 0 Å². The number of fused-ring (bicyclic) bond motifs is 4. The van der Waals surface area contributed by atoms with E-state index >= 15 is 0 Å². The van der Waals surface area contributed by atoms with Crippen molar-refractivity contribution in [3.8, 4) is 45.6 Å². The van der Waals surface area contributed by atoms with E-state index < -0.39 is 6.10 Å². The normalized spacial score (nSPS) is 20.4. The highest BCUT2D eigenvalue weighted by molar-refractivity contribution is 5.90. The predicted octanol–water partition coefficient (Wildman–Crippen LogP) is 5.50. The van der Waals surface area contributed by atoms with Gasteiger partial charge in [0.1, 0.15) is 6.10 Å². The van der Waals surface area contributed by atoms with Gasteiger partial charge < -0.3 is 33.2 Å². The third kappa shape index (κ3) is 4.08. The number of esters is 1. The summed E-state index contributed by atoms with van der Waals surface area (Å²) in [5, 5.41) is 0. The molecule has 0 spiro atoms. The molecule has 1 aliphatic heterocycles. The predicted molar refractivity (Wildman–Crippen MR) is 135 cm³/mol. The molecule has 0 saturated heterocycles. The second kappa shape index (κ2) is 10.2. The van der Waals surface area contributed by atoms with E-state index in [-0.39, 0.29) is 24.6 Å². The molecule has 0 fully saturated rings. The summed E-state index contributed by atoms with van der Waals surface area (Å²) in [5.74, 6) is 2.79. The molecule has 0 unspecified atom stereocenters. The van der Waals surface area contributed by atoms with Crippen LogP contribution in [-0.2, 0) is 16.0 Å². The average molecular weight is 499 g/mol. The zero-order valence-electron chi connectivity index (χ0n) is 22.1. The van der Waals surface area contributed by atoms with E-state index in [2.05, 4.69) is 13.8 Å². The number of carbonyl (C=O) groups excluding carboxylic acids is 1. The summed E-state index contributed by atoms with van der Waals surface area (Å²) < 4.78 is 41.0. The van der Waals surface area contributed by atoms with E-state index in [1.165, 1.54) is 0 Å². The molecule has 8 heteroatoms. The molecule has 1 heterocycles. The monoisotopic (exact) mass is 498 g/mol. The van der Waals surface area contributed by atoms with Crippen LogP contribution in [0.5, 0.6) is 34.5 Å². The Morgan fingerprint density at radius 2 is 1.64 bits per heavy atom. The quantitative estimate of drug-likeness (QED) is 0.382. The molecule has 0 N–H and O–H groups in total. The zero-order valence-corrected chi connectivity index (χ0v) is 22.1. The second-order valence-corrected chi connectivity index (χ2v) is 9.13. The summed E-state index contributed by atoms with van der Waals surface area (Å²) >= 11 is 0. The highest BCUT2D eigenvalue weighted by atomic mass is 16.7. The third-order valence-electron chi connectivity index (χ3n) is 7.23. The Morgan fingerprint density at radius 1 is 0.944 bits per heavy atom. The minimum Gasteiger partial charge on any atom is -0.493 e. The highest BCUT2D eigenvalue weighted by Gasteiger charge is 2.40. The second-order valence-electron chi connectivity index (χ2n) is 9.13. The van der Waals surface area contributed by atoms with Crippen LogP contribution in [0, 0.1) is 11.8 Å². The van der Waals surface area contributed by atoms with Gasteiger partial charge in [0.05, 0.1) is 28.4 Å². The molecule has 2 aliphatic rings. The van der Waals surface area contributed by atoms with Crippen LogP contribution in [0.25, 0.3) is 11.1 Å². The van der Waals surface area contributed by atoms with E-state index in [1.807, 2.05) is 19.1 Å². The maximum absolute atomic E-state index is 13.0. The molecule has 0 aromatic heterocycles. The van der Waals surface area contributed by atoms with Crippen LogP contribution in [0.4, 0.5) is 0 Å². The number of rotatable bonds is 6. The van der Waals surface area contributed by atoms with Crippen molar-refractivity contribution in [3.05, 3.63) is 34.9 Å². The van der Waals surface area contributed by atoms with Crippen molar-refractivity contribution in [2.24, 2.45) is 11.8 Å². The molecule has 1 aliphatic carbocycles. The van der Waals surface area contributed by atoms with Gasteiger partial charge in [0.25, 0.3) is 0 Å². The lowest BCUT2D eigenvalue weighted by molar-refractivity contribution is -0.148. The minimum absolute atomic E-state index is 0.0327. The van der Waals surface area contributed by atoms with Crippen LogP contribution in [-0.4, -0.2) is 41.2 Å². The maximum atomic E-state index is 13.0. The molecule has 2 aromatic carbocycles. The highest BCUT2D eigenvalue weighted by Crippen LogP contribution is 2.58. The Kier molecular flexibility index (Phi) is 7.24. The largest absolute Gasteiger partial charge is 0.493 e. The Labute approximate surface area is 212 Å². The number of methoxy groups -OCH3 is 4. The lowest BCUT2D eigenvalue weighted by atomic mass is 9.75. The average Bonchev–Trinajstić information content (AvgIpc) is 3.36. The fourth-order valence-corrected chi connectivity index (χ4v) is 4.96. The van der Waals surface area contributed by atoms with Gasteiger partial charge in [-0.15, -0.1) is 0 Å². The van der Waals surface area contributed by atoms with Gasteiger partial charge in [-0.1, -0.05) is 19.9 Å². The Balaban J connectivity index is 2.12. The molecular weight excluding hydrogens is 464 g/mol. The lowest BCUT2D eigenvalue weighted by Gasteiger charge is -2.35. The van der Waals surface area contributed by atoms with Crippen LogP contribution < -0.4 is 28.4 Å². The first kappa shape index (κ1) is 25.5. The van der Waals surface area contributed by atoms with E-state index in [0.29, 0.717) is 52.1 Å². The molecule has 36 heavy (non-hydrogen) atoms. The van der Waals surface area contributed by atoms with Crippen molar-refractivity contribution in [2.75, 3.05) is 35.2 Å². The lowest BCUT2D eigenvalue weighted by Crippen LogP contribution is -2.27. The fourth-order valence-electron chi connectivity index (χ4n) is 4.96. The number of allylic oxidation sites excluding steroid dienone is 1. The van der Waals surface area contributed by atoms with Gasteiger partial charge in [0.15, 0.2) is 23.0 Å². The first-order valence-electron chi connectivity index (χ1n) is 12.0. The van der Waals surface area contributed by atoms with E-state index in [1.54, 1.807) is 41.4 Å². The Hall–Kier alpha value is -3.55. The van der Waals surface area contributed by atoms with Crippen molar-refractivity contribution >= 4 is 5.97 Å². The SMILES string of the molecule is C/C=C(\C)C(=O)O[C@@H]1c2cc3c(c(OC)c2-c2c(cc(OC)c(OC)c2OC)C[C@@H](C)[C@@H]1C)OCO3. The number of carbonyl (C=O) groups is 1. The molecule has 0 saturated carbocycles. The topological polar surface area (TPSA) is 81.7 Å². The minimum atomic E-state index is -0.577. The van der Waals surface area contributed by atoms with E-state index in [0.717, 1.165) is 16.7 Å². The van der Waals surface area contributed by atoms with Crippen LogP contribution in [0.3, 0.4) is 0 Å². The first-order valence-corrected chi connectivity index (χ1v) is 12.0. The van der Waals surface area contributed by atoms with Gasteiger partial charge in [-0.3, -0.25) is 0 Å². The molecule has 0 radical (unpaired) electrons. The Morgan fingerprint density at radius 3 is 2.25 bits per heavy atom. The first-order chi connectivity index (χ1) is 17.3. The smallest absolute Gasteiger partial charge is 0.333 e. The summed E-state index contributed by atoms with van der Waals surface area (Å²) in [7, 11) is 6.35. The molecule has 8 nitrogen and oxygen atoms in total. The fraction of sp³-hybridized carbons (Fsp3) is 0.464. The third-order valence-corrected chi connectivity index (χ3v) is 7.23. The zero-order chi connectivity index (χ0) is 26.1. The summed E-state index contributed by atoms with van der Waals surface area (Å²) in [5.41, 5.74) is 3.78.